The van der Waals surface area contributed by atoms with Crippen LogP contribution in [0.15, 0.2) is 55.1 Å². The molecule has 0 aliphatic heterocycles. The summed E-state index contributed by atoms with van der Waals surface area (Å²) < 4.78 is 27.8. The average Bonchev–Trinajstić information content (AvgIpc) is 3.19. The molecule has 0 bridgehead atoms. The molecule has 0 aliphatic carbocycles. The molecule has 2 aromatic carbocycles. The Hall–Kier alpha value is -3.13. The van der Waals surface area contributed by atoms with Gasteiger partial charge >= 0.3 is 0 Å². The molecule has 8 heteroatoms. The Bertz CT molecular complexity index is 912. The van der Waals surface area contributed by atoms with Gasteiger partial charge in [-0.1, -0.05) is 12.1 Å². The summed E-state index contributed by atoms with van der Waals surface area (Å²) in [5.41, 5.74) is 2.14. The van der Waals surface area contributed by atoms with Crippen LogP contribution < -0.4 is 5.32 Å². The van der Waals surface area contributed by atoms with Crippen molar-refractivity contribution >= 4 is 11.6 Å². The number of anilines is 1. The van der Waals surface area contributed by atoms with Crippen LogP contribution in [0.2, 0.25) is 0 Å². The van der Waals surface area contributed by atoms with Crippen LogP contribution in [0, 0.1) is 11.6 Å². The normalized spacial score (nSPS) is 12.2. The molecule has 3 rings (SSSR count). The third-order valence-corrected chi connectivity index (χ3v) is 4.32. The van der Waals surface area contributed by atoms with E-state index < -0.39 is 11.6 Å². The molecule has 1 unspecified atom stereocenters. The predicted octanol–water partition coefficient (Wildman–Crippen LogP) is 3.18. The highest BCUT2D eigenvalue weighted by molar-refractivity contribution is 5.92. The summed E-state index contributed by atoms with van der Waals surface area (Å²) in [6.45, 7) is 2.08. The van der Waals surface area contributed by atoms with Crippen molar-refractivity contribution in [1.82, 2.24) is 19.7 Å². The third-order valence-electron chi connectivity index (χ3n) is 4.32. The van der Waals surface area contributed by atoms with Crippen molar-refractivity contribution in [2.45, 2.75) is 13.0 Å². The van der Waals surface area contributed by atoms with Gasteiger partial charge in [0.25, 0.3) is 0 Å². The maximum Gasteiger partial charge on any atom is 0.238 e. The van der Waals surface area contributed by atoms with Crippen LogP contribution in [-0.2, 0) is 4.79 Å². The van der Waals surface area contributed by atoms with Gasteiger partial charge in [-0.2, -0.15) is 5.10 Å². The summed E-state index contributed by atoms with van der Waals surface area (Å²) in [5, 5.41) is 6.65. The fourth-order valence-electron chi connectivity index (χ4n) is 2.64. The highest BCUT2D eigenvalue weighted by Crippen LogP contribution is 2.20. The van der Waals surface area contributed by atoms with Crippen molar-refractivity contribution in [3.63, 3.8) is 0 Å². The maximum atomic E-state index is 13.2. The number of hydrogen-bond donors (Lipinski definition) is 1. The molecule has 0 saturated heterocycles. The molecule has 0 aliphatic rings. The number of hydrogen-bond acceptors (Lipinski definition) is 4. The number of halogens is 2. The molecule has 27 heavy (non-hydrogen) atoms. The van der Waals surface area contributed by atoms with Gasteiger partial charge in [0.2, 0.25) is 5.91 Å². The van der Waals surface area contributed by atoms with Crippen molar-refractivity contribution in [2.24, 2.45) is 0 Å². The summed E-state index contributed by atoms with van der Waals surface area (Å²) in [4.78, 5) is 18.0. The lowest BCUT2D eigenvalue weighted by Crippen LogP contribution is -2.32. The van der Waals surface area contributed by atoms with Crippen LogP contribution in [0.4, 0.5) is 14.5 Å². The number of nitrogens with zero attached hydrogens (tertiary/aromatic N) is 4. The minimum Gasteiger partial charge on any atom is -0.325 e. The number of carbonyl (C=O) groups is 1. The van der Waals surface area contributed by atoms with Crippen LogP contribution in [0.25, 0.3) is 5.69 Å². The highest BCUT2D eigenvalue weighted by Gasteiger charge is 2.16. The van der Waals surface area contributed by atoms with Gasteiger partial charge in [-0.15, -0.1) is 0 Å². The number of aromatic nitrogens is 3. The Kier molecular flexibility index (Phi) is 5.56. The number of amides is 1. The van der Waals surface area contributed by atoms with Crippen molar-refractivity contribution < 1.29 is 13.6 Å². The second kappa shape index (κ2) is 8.05. The highest BCUT2D eigenvalue weighted by atomic mass is 19.2. The van der Waals surface area contributed by atoms with Crippen LogP contribution in [0.1, 0.15) is 18.5 Å². The Morgan fingerprint density at radius 3 is 2.56 bits per heavy atom. The van der Waals surface area contributed by atoms with E-state index in [1.165, 1.54) is 12.4 Å². The fraction of sp³-hybridized carbons (Fsp3) is 0.211. The fourth-order valence-corrected chi connectivity index (χ4v) is 2.64. The second-order valence-corrected chi connectivity index (χ2v) is 6.20. The van der Waals surface area contributed by atoms with Crippen LogP contribution >= 0.6 is 0 Å². The molecule has 6 nitrogen and oxygen atoms in total. The van der Waals surface area contributed by atoms with Crippen LogP contribution in [-0.4, -0.2) is 39.2 Å². The van der Waals surface area contributed by atoms with Gasteiger partial charge in [-0.25, -0.2) is 18.4 Å². The number of nitrogens with one attached hydrogen (secondary N) is 1. The van der Waals surface area contributed by atoms with Gasteiger partial charge in [0, 0.05) is 17.8 Å². The molecule has 0 fully saturated rings. The zero-order valence-corrected chi connectivity index (χ0v) is 14.9. The van der Waals surface area contributed by atoms with Crippen molar-refractivity contribution in [3.05, 3.63) is 72.3 Å². The van der Waals surface area contributed by atoms with E-state index in [1.54, 1.807) is 11.0 Å². The SMILES string of the molecule is CC(c1ccc(-n2cncn2)cc1)N(C)CC(=O)Nc1ccc(F)c(F)c1. The van der Waals surface area contributed by atoms with Crippen molar-refractivity contribution in [2.75, 3.05) is 18.9 Å². The average molecular weight is 371 g/mol. The first-order chi connectivity index (χ1) is 12.9. The molecule has 1 amide bonds. The van der Waals surface area contributed by atoms with Crippen LogP contribution in [0.5, 0.6) is 0 Å². The number of carbonyl (C=O) groups excluding carboxylic acids is 1. The minimum absolute atomic E-state index is 0.0227. The van der Waals surface area contributed by atoms with Crippen LogP contribution in [0.3, 0.4) is 0 Å². The molecule has 3 aromatic rings. The summed E-state index contributed by atoms with van der Waals surface area (Å²) in [6.07, 6.45) is 3.09. The third kappa shape index (κ3) is 4.53. The van der Waals surface area contributed by atoms with E-state index in [4.69, 9.17) is 0 Å². The van der Waals surface area contributed by atoms with Crippen molar-refractivity contribution in [1.29, 1.82) is 0 Å². The number of likely N-dealkylation sites (N-methyl/N-ethyl adjacent to an activating group) is 1. The van der Waals surface area contributed by atoms with E-state index in [2.05, 4.69) is 15.4 Å². The molecule has 0 radical (unpaired) electrons. The molecule has 1 aromatic heterocycles. The number of rotatable bonds is 6. The Morgan fingerprint density at radius 1 is 1.19 bits per heavy atom. The summed E-state index contributed by atoms with van der Waals surface area (Å²) in [6, 6.07) is 11.0. The summed E-state index contributed by atoms with van der Waals surface area (Å²) >= 11 is 0. The first kappa shape index (κ1) is 18.7. The lowest BCUT2D eigenvalue weighted by molar-refractivity contribution is -0.117. The van der Waals surface area contributed by atoms with Gasteiger partial charge in [-0.3, -0.25) is 9.69 Å². The van der Waals surface area contributed by atoms with E-state index in [1.807, 2.05) is 43.1 Å². The topological polar surface area (TPSA) is 63.1 Å². The first-order valence-corrected chi connectivity index (χ1v) is 8.34. The molecule has 1 atom stereocenters. The molecule has 0 saturated carbocycles. The van der Waals surface area contributed by atoms with Gasteiger partial charge in [0.05, 0.1) is 12.2 Å². The number of benzene rings is 2. The van der Waals surface area contributed by atoms with E-state index in [0.29, 0.717) is 0 Å². The molecule has 1 N–H and O–H groups in total. The van der Waals surface area contributed by atoms with Gasteiger partial charge < -0.3 is 5.32 Å². The zero-order valence-electron chi connectivity index (χ0n) is 14.9. The Labute approximate surface area is 155 Å². The second-order valence-electron chi connectivity index (χ2n) is 6.20. The summed E-state index contributed by atoms with van der Waals surface area (Å²) in [7, 11) is 1.82. The predicted molar refractivity (Wildman–Crippen MR) is 97.4 cm³/mol. The Morgan fingerprint density at radius 2 is 1.93 bits per heavy atom. The standard InChI is InChI=1S/C19H19F2N5O/c1-13(14-3-6-16(7-4-14)26-12-22-11-23-26)25(2)10-19(27)24-15-5-8-17(20)18(21)9-15/h3-9,11-13H,10H2,1-2H3,(H,24,27). The quantitative estimate of drug-likeness (QED) is 0.723. The largest absolute Gasteiger partial charge is 0.325 e. The monoisotopic (exact) mass is 371 g/mol. The maximum absolute atomic E-state index is 13.2. The smallest absolute Gasteiger partial charge is 0.238 e. The van der Waals surface area contributed by atoms with E-state index in [-0.39, 0.29) is 24.2 Å². The van der Waals surface area contributed by atoms with Gasteiger partial charge in [0.1, 0.15) is 12.7 Å². The minimum atomic E-state index is -0.998. The first-order valence-electron chi connectivity index (χ1n) is 8.34. The summed E-state index contributed by atoms with van der Waals surface area (Å²) in [5.74, 6) is -2.26. The Balaban J connectivity index is 1.60. The van der Waals surface area contributed by atoms with E-state index in [9.17, 15) is 13.6 Å². The molecular weight excluding hydrogens is 352 g/mol. The lowest BCUT2D eigenvalue weighted by atomic mass is 10.1. The van der Waals surface area contributed by atoms with E-state index >= 15 is 0 Å². The van der Waals surface area contributed by atoms with Gasteiger partial charge in [-0.05, 0) is 43.8 Å². The molecular formula is C19H19F2N5O. The van der Waals surface area contributed by atoms with E-state index in [0.717, 1.165) is 23.4 Å². The molecule has 1 heterocycles. The lowest BCUT2D eigenvalue weighted by Gasteiger charge is -2.24. The molecule has 140 valence electrons. The zero-order chi connectivity index (χ0) is 19.4. The van der Waals surface area contributed by atoms with Gasteiger partial charge in [0.15, 0.2) is 11.6 Å². The molecule has 0 spiro atoms. The van der Waals surface area contributed by atoms with Crippen molar-refractivity contribution in [3.8, 4) is 5.69 Å².